The third-order valence-corrected chi connectivity index (χ3v) is 9.04. The number of thiazole rings is 1. The fourth-order valence-corrected chi connectivity index (χ4v) is 7.00. The van der Waals surface area contributed by atoms with Crippen LogP contribution in [0.2, 0.25) is 5.02 Å². The maximum absolute atomic E-state index is 14.3. The number of rotatable bonds is 7. The third-order valence-electron chi connectivity index (χ3n) is 5.87. The number of hydrogen-bond donors (Lipinski definition) is 1. The summed E-state index contributed by atoms with van der Waals surface area (Å²) in [5.41, 5.74) is 1.26. The summed E-state index contributed by atoms with van der Waals surface area (Å²) in [6.45, 7) is 0.197. The van der Waals surface area contributed by atoms with Gasteiger partial charge in [-0.15, -0.1) is 0 Å². The Morgan fingerprint density at radius 3 is 2.47 bits per heavy atom. The molecule has 38 heavy (non-hydrogen) atoms. The molecule has 0 aliphatic rings. The number of carbonyl (C=O) groups is 1. The molecule has 0 spiro atoms. The van der Waals surface area contributed by atoms with Gasteiger partial charge in [0.1, 0.15) is 37.4 Å². The fraction of sp³-hybridized carbons (Fsp3) is 0.0741. The van der Waals surface area contributed by atoms with E-state index in [-0.39, 0.29) is 22.1 Å². The molecule has 0 aliphatic heterocycles. The first-order chi connectivity index (χ1) is 18.1. The van der Waals surface area contributed by atoms with Crippen LogP contribution in [0.4, 0.5) is 4.39 Å². The Morgan fingerprint density at radius 2 is 1.76 bits per heavy atom. The van der Waals surface area contributed by atoms with Crippen molar-refractivity contribution in [2.45, 2.75) is 17.2 Å². The number of aromatic carboxylic acids is 1. The molecule has 7 nitrogen and oxygen atoms in total. The molecule has 0 saturated heterocycles. The molecular weight excluding hydrogens is 551 g/mol. The highest BCUT2D eigenvalue weighted by Crippen LogP contribution is 2.29. The first kappa shape index (κ1) is 25.8. The van der Waals surface area contributed by atoms with Gasteiger partial charge in [0.05, 0.1) is 0 Å². The molecule has 1 N–H and O–H groups in total. The maximum atomic E-state index is 14.3. The molecule has 0 amide bonds. The molecule has 2 aromatic heterocycles. The van der Waals surface area contributed by atoms with Crippen molar-refractivity contribution in [1.82, 2.24) is 9.55 Å². The molecule has 0 radical (unpaired) electrons. The summed E-state index contributed by atoms with van der Waals surface area (Å²) in [7, 11) is -4.18. The summed E-state index contributed by atoms with van der Waals surface area (Å²) >= 11 is 6.68. The number of fused-ring (bicyclic) bond motifs is 1. The summed E-state index contributed by atoms with van der Waals surface area (Å²) in [5, 5.41) is 9.74. The molecule has 0 saturated carbocycles. The Labute approximate surface area is 225 Å². The molecule has 0 bridgehead atoms. The number of halogens is 2. The van der Waals surface area contributed by atoms with Gasteiger partial charge in [-0.05, 0) is 34.9 Å². The van der Waals surface area contributed by atoms with Crippen LogP contribution in [0.5, 0.6) is 0 Å². The van der Waals surface area contributed by atoms with Gasteiger partial charge in [0.15, 0.2) is 9.84 Å². The third kappa shape index (κ3) is 4.98. The van der Waals surface area contributed by atoms with E-state index in [4.69, 9.17) is 11.6 Å². The molecule has 192 valence electrons. The van der Waals surface area contributed by atoms with Crippen LogP contribution in [0.15, 0.2) is 88.7 Å². The summed E-state index contributed by atoms with van der Waals surface area (Å²) in [5.74, 6) is -3.09. The Hall–Kier alpha value is -3.86. The van der Waals surface area contributed by atoms with E-state index >= 15 is 0 Å². The van der Waals surface area contributed by atoms with Gasteiger partial charge in [0.25, 0.3) is 0 Å². The van der Waals surface area contributed by atoms with Crippen molar-refractivity contribution in [3.63, 3.8) is 0 Å². The second-order valence-electron chi connectivity index (χ2n) is 8.42. The van der Waals surface area contributed by atoms with Crippen LogP contribution in [0, 0.1) is 5.82 Å². The summed E-state index contributed by atoms with van der Waals surface area (Å²) in [6, 6.07) is 20.4. The normalized spacial score (nSPS) is 11.6. The average Bonchev–Trinajstić information content (AvgIpc) is 3.30. The molecule has 0 unspecified atom stereocenters. The summed E-state index contributed by atoms with van der Waals surface area (Å²) in [4.78, 5) is 28.7. The maximum Gasteiger partial charge on any atom is 0.341 e. The lowest BCUT2D eigenvalue weighted by Crippen LogP contribution is -2.19. The predicted octanol–water partition coefficient (Wildman–Crippen LogP) is 5.64. The van der Waals surface area contributed by atoms with Gasteiger partial charge in [-0.3, -0.25) is 4.79 Å². The minimum Gasteiger partial charge on any atom is -0.477 e. The molecule has 11 heteroatoms. The lowest BCUT2D eigenvalue weighted by Gasteiger charge is -2.13. The minimum absolute atomic E-state index is 0.0269. The number of pyridine rings is 1. The largest absolute Gasteiger partial charge is 0.477 e. The van der Waals surface area contributed by atoms with Crippen LogP contribution >= 0.6 is 22.9 Å². The lowest BCUT2D eigenvalue weighted by molar-refractivity contribution is 0.0694. The average molecular weight is 569 g/mol. The summed E-state index contributed by atoms with van der Waals surface area (Å²) in [6.07, 6.45) is 1.24. The van der Waals surface area contributed by atoms with Gasteiger partial charge in [-0.2, -0.15) is 0 Å². The molecule has 0 aliphatic carbocycles. The molecule has 0 atom stereocenters. The van der Waals surface area contributed by atoms with Gasteiger partial charge in [0, 0.05) is 17.8 Å². The number of carboxylic acids is 1. The first-order valence-corrected chi connectivity index (χ1v) is 14.1. The number of aromatic nitrogens is 2. The van der Waals surface area contributed by atoms with E-state index in [2.05, 4.69) is 4.98 Å². The molecule has 3 aromatic carbocycles. The van der Waals surface area contributed by atoms with Crippen molar-refractivity contribution < 1.29 is 22.7 Å². The Morgan fingerprint density at radius 1 is 1.05 bits per heavy atom. The van der Waals surface area contributed by atoms with Crippen molar-refractivity contribution in [3.8, 4) is 11.1 Å². The van der Waals surface area contributed by atoms with E-state index in [1.54, 1.807) is 4.57 Å². The van der Waals surface area contributed by atoms with Gasteiger partial charge in [-0.25, -0.2) is 22.6 Å². The van der Waals surface area contributed by atoms with Crippen molar-refractivity contribution in [3.05, 3.63) is 116 Å². The molecular formula is C27H18ClFN2O5S2. The van der Waals surface area contributed by atoms with Gasteiger partial charge in [-0.1, -0.05) is 77.5 Å². The van der Waals surface area contributed by atoms with E-state index in [1.165, 1.54) is 12.3 Å². The molecule has 0 fully saturated rings. The van der Waals surface area contributed by atoms with Gasteiger partial charge < -0.3 is 9.67 Å². The van der Waals surface area contributed by atoms with Crippen molar-refractivity contribution in [2.24, 2.45) is 0 Å². The van der Waals surface area contributed by atoms with E-state index in [9.17, 15) is 27.5 Å². The van der Waals surface area contributed by atoms with E-state index < -0.39 is 43.3 Å². The first-order valence-electron chi connectivity index (χ1n) is 11.2. The monoisotopic (exact) mass is 568 g/mol. The SMILES string of the molecule is O=C(O)c1cn(Cc2ccccc2-c2ccccc2)c2sc(CS(=O)(=O)c3ccc(Cl)cc3F)nc2c1=O. The Balaban J connectivity index is 1.62. The van der Waals surface area contributed by atoms with E-state index in [0.717, 1.165) is 40.2 Å². The number of nitrogens with zero attached hydrogens (tertiary/aromatic N) is 2. The second kappa shape index (κ2) is 10.1. The highest BCUT2D eigenvalue weighted by atomic mass is 35.5. The van der Waals surface area contributed by atoms with Crippen LogP contribution < -0.4 is 5.43 Å². The van der Waals surface area contributed by atoms with Crippen LogP contribution in [-0.4, -0.2) is 29.0 Å². The predicted molar refractivity (Wildman–Crippen MR) is 144 cm³/mol. The highest BCUT2D eigenvalue weighted by Gasteiger charge is 2.25. The van der Waals surface area contributed by atoms with Crippen LogP contribution in [0.25, 0.3) is 21.5 Å². The standard InChI is InChI=1S/C27H18ClFN2O5S2/c28-18-10-11-22(21(29)12-18)38(35,36)15-23-30-24-25(32)20(27(33)34)14-31(26(24)37-23)13-17-8-4-5-9-19(17)16-6-2-1-3-7-16/h1-12,14H,13,15H2,(H,33,34). The Bertz CT molecular complexity index is 1870. The lowest BCUT2D eigenvalue weighted by atomic mass is 9.99. The topological polar surface area (TPSA) is 106 Å². The smallest absolute Gasteiger partial charge is 0.341 e. The van der Waals surface area contributed by atoms with Gasteiger partial charge >= 0.3 is 5.97 Å². The Kier molecular flexibility index (Phi) is 6.87. The highest BCUT2D eigenvalue weighted by molar-refractivity contribution is 7.90. The second-order valence-corrected chi connectivity index (χ2v) is 11.9. The molecule has 2 heterocycles. The van der Waals surface area contributed by atoms with Crippen LogP contribution in [0.3, 0.4) is 0 Å². The molecule has 5 aromatic rings. The fourth-order valence-electron chi connectivity index (χ4n) is 4.14. The number of benzene rings is 3. The van der Waals surface area contributed by atoms with Crippen LogP contribution in [-0.2, 0) is 22.1 Å². The molecule has 5 rings (SSSR count). The van der Waals surface area contributed by atoms with Crippen molar-refractivity contribution in [1.29, 1.82) is 0 Å². The zero-order chi connectivity index (χ0) is 27.0. The summed E-state index contributed by atoms with van der Waals surface area (Å²) < 4.78 is 41.8. The van der Waals surface area contributed by atoms with Crippen molar-refractivity contribution in [2.75, 3.05) is 0 Å². The van der Waals surface area contributed by atoms with E-state index in [1.807, 2.05) is 54.6 Å². The van der Waals surface area contributed by atoms with Crippen LogP contribution in [0.1, 0.15) is 20.9 Å². The number of carboxylic acid groups (broad SMARTS) is 1. The zero-order valence-electron chi connectivity index (χ0n) is 19.5. The van der Waals surface area contributed by atoms with E-state index in [0.29, 0.717) is 4.83 Å². The van der Waals surface area contributed by atoms with Crippen molar-refractivity contribution >= 4 is 49.1 Å². The quantitative estimate of drug-likeness (QED) is 0.272. The number of sulfone groups is 1. The zero-order valence-corrected chi connectivity index (χ0v) is 21.9. The minimum atomic E-state index is -4.18. The number of hydrogen-bond acceptors (Lipinski definition) is 6. The van der Waals surface area contributed by atoms with Gasteiger partial charge in [0.2, 0.25) is 5.43 Å².